The van der Waals surface area contributed by atoms with Crippen LogP contribution in [-0.2, 0) is 0 Å². The van der Waals surface area contributed by atoms with E-state index in [-0.39, 0.29) is 5.54 Å². The van der Waals surface area contributed by atoms with E-state index >= 15 is 0 Å². The second kappa shape index (κ2) is 2.43. The Morgan fingerprint density at radius 2 is 2.40 bits per heavy atom. The van der Waals surface area contributed by atoms with Crippen molar-refractivity contribution in [2.45, 2.75) is 24.8 Å². The van der Waals surface area contributed by atoms with Gasteiger partial charge in [0.1, 0.15) is 0 Å². The van der Waals surface area contributed by atoms with Gasteiger partial charge in [-0.25, -0.2) is 0 Å². The zero-order valence-corrected chi connectivity index (χ0v) is 6.37. The average molecular weight is 155 g/mol. The highest BCUT2D eigenvalue weighted by Gasteiger charge is 2.42. The van der Waals surface area contributed by atoms with Crippen LogP contribution in [0.2, 0.25) is 0 Å². The van der Waals surface area contributed by atoms with Crippen LogP contribution in [0.25, 0.3) is 0 Å². The standard InChI is InChI=1S/C6H9N3S/c7-4-3-6(1-2-6)9-5(8)10/h1-3H2,(H3,8,9,10). The predicted octanol–water partition coefficient (Wildman–Crippen LogP) is 0.266. The van der Waals surface area contributed by atoms with E-state index in [1.165, 1.54) is 0 Å². The minimum Gasteiger partial charge on any atom is -0.376 e. The maximum atomic E-state index is 8.38. The molecule has 1 fully saturated rings. The molecule has 3 nitrogen and oxygen atoms in total. The first-order chi connectivity index (χ1) is 4.68. The summed E-state index contributed by atoms with van der Waals surface area (Å²) in [5.74, 6) is 0. The van der Waals surface area contributed by atoms with Crippen LogP contribution in [0.1, 0.15) is 19.3 Å². The molecule has 0 spiro atoms. The molecule has 0 atom stereocenters. The second-order valence-corrected chi connectivity index (χ2v) is 3.04. The third-order valence-electron chi connectivity index (χ3n) is 1.66. The highest BCUT2D eigenvalue weighted by Crippen LogP contribution is 2.37. The van der Waals surface area contributed by atoms with Crippen molar-refractivity contribution in [3.8, 4) is 6.07 Å². The Bertz CT molecular complexity index is 190. The summed E-state index contributed by atoms with van der Waals surface area (Å²) < 4.78 is 0. The van der Waals surface area contributed by atoms with Crippen molar-refractivity contribution in [2.75, 3.05) is 0 Å². The third kappa shape index (κ3) is 1.58. The van der Waals surface area contributed by atoms with Gasteiger partial charge in [0, 0.05) is 0 Å². The summed E-state index contributed by atoms with van der Waals surface area (Å²) in [6, 6.07) is 2.10. The molecule has 0 aromatic heterocycles. The molecule has 1 rings (SSSR count). The Hall–Kier alpha value is -0.820. The van der Waals surface area contributed by atoms with Crippen LogP contribution in [0.3, 0.4) is 0 Å². The topological polar surface area (TPSA) is 61.8 Å². The SMILES string of the molecule is N#CCC1(NC(N)=S)CC1. The largest absolute Gasteiger partial charge is 0.376 e. The van der Waals surface area contributed by atoms with Crippen molar-refractivity contribution >= 4 is 17.3 Å². The zero-order valence-electron chi connectivity index (χ0n) is 5.55. The summed E-state index contributed by atoms with van der Waals surface area (Å²) in [5, 5.41) is 11.6. The number of nitriles is 1. The quantitative estimate of drug-likeness (QED) is 0.562. The van der Waals surface area contributed by atoms with Crippen LogP contribution >= 0.6 is 12.2 Å². The van der Waals surface area contributed by atoms with Gasteiger partial charge < -0.3 is 11.1 Å². The van der Waals surface area contributed by atoms with E-state index in [1.54, 1.807) is 0 Å². The highest BCUT2D eigenvalue weighted by atomic mass is 32.1. The predicted molar refractivity (Wildman–Crippen MR) is 42.1 cm³/mol. The first-order valence-corrected chi connectivity index (χ1v) is 3.54. The Morgan fingerprint density at radius 1 is 1.80 bits per heavy atom. The second-order valence-electron chi connectivity index (χ2n) is 2.60. The molecule has 10 heavy (non-hydrogen) atoms. The van der Waals surface area contributed by atoms with E-state index < -0.39 is 0 Å². The summed E-state index contributed by atoms with van der Waals surface area (Å²) in [4.78, 5) is 0. The molecule has 0 bridgehead atoms. The van der Waals surface area contributed by atoms with Gasteiger partial charge in [-0.05, 0) is 25.1 Å². The van der Waals surface area contributed by atoms with E-state index in [4.69, 9.17) is 11.0 Å². The summed E-state index contributed by atoms with van der Waals surface area (Å²) >= 11 is 4.66. The summed E-state index contributed by atoms with van der Waals surface area (Å²) in [5.41, 5.74) is 5.20. The van der Waals surface area contributed by atoms with Gasteiger partial charge in [0.25, 0.3) is 0 Å². The van der Waals surface area contributed by atoms with Gasteiger partial charge in [0.15, 0.2) is 5.11 Å². The summed E-state index contributed by atoms with van der Waals surface area (Å²) in [7, 11) is 0. The van der Waals surface area contributed by atoms with Crippen LogP contribution in [0.5, 0.6) is 0 Å². The molecule has 54 valence electrons. The molecule has 1 saturated carbocycles. The number of nitrogens with zero attached hydrogens (tertiary/aromatic N) is 1. The van der Waals surface area contributed by atoms with Crippen LogP contribution in [-0.4, -0.2) is 10.7 Å². The van der Waals surface area contributed by atoms with Crippen molar-refractivity contribution in [1.82, 2.24) is 5.32 Å². The van der Waals surface area contributed by atoms with Crippen molar-refractivity contribution in [2.24, 2.45) is 5.73 Å². The summed E-state index contributed by atoms with van der Waals surface area (Å²) in [6.45, 7) is 0. The summed E-state index contributed by atoms with van der Waals surface area (Å²) in [6.07, 6.45) is 2.53. The normalized spacial score (nSPS) is 19.1. The zero-order chi connectivity index (χ0) is 7.61. The van der Waals surface area contributed by atoms with E-state index in [1.807, 2.05) is 0 Å². The van der Waals surface area contributed by atoms with Crippen LogP contribution in [0.4, 0.5) is 0 Å². The Labute approximate surface area is 65.2 Å². The van der Waals surface area contributed by atoms with Crippen LogP contribution < -0.4 is 11.1 Å². The number of hydrogen-bond acceptors (Lipinski definition) is 2. The molecule has 0 unspecified atom stereocenters. The molecule has 0 radical (unpaired) electrons. The van der Waals surface area contributed by atoms with Crippen molar-refractivity contribution in [3.05, 3.63) is 0 Å². The number of nitrogens with one attached hydrogen (secondary N) is 1. The number of hydrogen-bond donors (Lipinski definition) is 2. The number of thiocarbonyl (C=S) groups is 1. The first kappa shape index (κ1) is 7.29. The molecule has 1 aliphatic rings. The molecular formula is C6H9N3S. The fourth-order valence-corrected chi connectivity index (χ4v) is 1.13. The van der Waals surface area contributed by atoms with Gasteiger partial charge in [-0.2, -0.15) is 5.26 Å². The lowest BCUT2D eigenvalue weighted by Crippen LogP contribution is -2.39. The van der Waals surface area contributed by atoms with Crippen LogP contribution in [0.15, 0.2) is 0 Å². The molecule has 4 heteroatoms. The fourth-order valence-electron chi connectivity index (χ4n) is 0.910. The Balaban J connectivity index is 2.39. The molecule has 3 N–H and O–H groups in total. The van der Waals surface area contributed by atoms with Gasteiger partial charge in [0.05, 0.1) is 18.0 Å². The third-order valence-corrected chi connectivity index (χ3v) is 1.76. The maximum absolute atomic E-state index is 8.38. The lowest BCUT2D eigenvalue weighted by Gasteiger charge is -2.12. The minimum atomic E-state index is -0.0550. The molecule has 0 amide bonds. The number of rotatable bonds is 2. The van der Waals surface area contributed by atoms with Gasteiger partial charge in [-0.1, -0.05) is 0 Å². The first-order valence-electron chi connectivity index (χ1n) is 3.13. The molecule has 0 saturated heterocycles. The van der Waals surface area contributed by atoms with E-state index in [0.29, 0.717) is 11.5 Å². The van der Waals surface area contributed by atoms with Crippen molar-refractivity contribution < 1.29 is 0 Å². The molecule has 0 aliphatic heterocycles. The highest BCUT2D eigenvalue weighted by molar-refractivity contribution is 7.80. The lowest BCUT2D eigenvalue weighted by atomic mass is 10.2. The Kier molecular flexibility index (Phi) is 1.77. The number of nitrogens with two attached hydrogens (primary N) is 1. The van der Waals surface area contributed by atoms with Gasteiger partial charge >= 0.3 is 0 Å². The van der Waals surface area contributed by atoms with E-state index in [9.17, 15) is 0 Å². The van der Waals surface area contributed by atoms with Crippen molar-refractivity contribution in [1.29, 1.82) is 5.26 Å². The molecule has 0 heterocycles. The monoisotopic (exact) mass is 155 g/mol. The van der Waals surface area contributed by atoms with E-state index in [0.717, 1.165) is 12.8 Å². The smallest absolute Gasteiger partial charge is 0.164 e. The lowest BCUT2D eigenvalue weighted by molar-refractivity contribution is 0.618. The minimum absolute atomic E-state index is 0.0550. The average Bonchev–Trinajstić information content (AvgIpc) is 2.47. The Morgan fingerprint density at radius 3 is 2.70 bits per heavy atom. The van der Waals surface area contributed by atoms with Crippen LogP contribution in [0, 0.1) is 11.3 Å². The van der Waals surface area contributed by atoms with Gasteiger partial charge in [-0.3, -0.25) is 0 Å². The molecule has 0 aromatic carbocycles. The van der Waals surface area contributed by atoms with E-state index in [2.05, 4.69) is 23.6 Å². The molecule has 0 aromatic rings. The molecular weight excluding hydrogens is 146 g/mol. The maximum Gasteiger partial charge on any atom is 0.164 e. The van der Waals surface area contributed by atoms with Crippen molar-refractivity contribution in [3.63, 3.8) is 0 Å². The van der Waals surface area contributed by atoms with Gasteiger partial charge in [-0.15, -0.1) is 0 Å². The van der Waals surface area contributed by atoms with Gasteiger partial charge in [0.2, 0.25) is 0 Å². The fraction of sp³-hybridized carbons (Fsp3) is 0.667. The molecule has 1 aliphatic carbocycles.